The van der Waals surface area contributed by atoms with Crippen LogP contribution >= 0.6 is 0 Å². The molecule has 0 saturated carbocycles. The molecule has 0 aliphatic heterocycles. The first-order chi connectivity index (χ1) is 11.6. The molecule has 4 heteroatoms. The van der Waals surface area contributed by atoms with Crippen LogP contribution < -0.4 is 4.90 Å². The van der Waals surface area contributed by atoms with Crippen LogP contribution in [0.15, 0.2) is 54.7 Å². The summed E-state index contributed by atoms with van der Waals surface area (Å²) in [5, 5.41) is 9.43. The number of nitrogens with zero attached hydrogens (tertiary/aromatic N) is 3. The lowest BCUT2D eigenvalue weighted by Gasteiger charge is -2.26. The fraction of sp³-hybridized carbons (Fsp3) is 0.200. The summed E-state index contributed by atoms with van der Waals surface area (Å²) in [7, 11) is 2.12. The summed E-state index contributed by atoms with van der Waals surface area (Å²) in [5.41, 5.74) is 5.28. The summed E-state index contributed by atoms with van der Waals surface area (Å²) in [6.45, 7) is 4.38. The van der Waals surface area contributed by atoms with Gasteiger partial charge in [0.1, 0.15) is 0 Å². The van der Waals surface area contributed by atoms with Crippen LogP contribution in [0, 0.1) is 0 Å². The number of benzene rings is 2. The number of pyridine rings is 1. The highest BCUT2D eigenvalue weighted by atomic mass is 15.1. The molecule has 0 fully saturated rings. The Balaban J connectivity index is 1.98. The van der Waals surface area contributed by atoms with Crippen LogP contribution in [0.3, 0.4) is 0 Å². The van der Waals surface area contributed by atoms with Crippen LogP contribution in [0.4, 0.5) is 5.69 Å². The number of nitrogens with one attached hydrogen (secondary N) is 1. The van der Waals surface area contributed by atoms with Crippen molar-refractivity contribution in [2.24, 2.45) is 0 Å². The van der Waals surface area contributed by atoms with E-state index in [0.717, 1.165) is 38.8 Å². The van der Waals surface area contributed by atoms with Crippen LogP contribution in [0.1, 0.15) is 13.8 Å². The number of anilines is 1. The molecule has 0 amide bonds. The zero-order valence-electron chi connectivity index (χ0n) is 14.1. The molecular weight excluding hydrogens is 296 g/mol. The summed E-state index contributed by atoms with van der Waals surface area (Å²) >= 11 is 0. The lowest BCUT2D eigenvalue weighted by molar-refractivity contribution is 0.754. The highest BCUT2D eigenvalue weighted by molar-refractivity contribution is 5.92. The van der Waals surface area contributed by atoms with Crippen molar-refractivity contribution in [1.82, 2.24) is 15.2 Å². The fourth-order valence-electron chi connectivity index (χ4n) is 2.95. The molecule has 2 heterocycles. The summed E-state index contributed by atoms with van der Waals surface area (Å²) in [5.74, 6) is 0. The van der Waals surface area contributed by atoms with Gasteiger partial charge in [0.25, 0.3) is 0 Å². The van der Waals surface area contributed by atoms with E-state index in [0.29, 0.717) is 6.04 Å². The van der Waals surface area contributed by atoms with Gasteiger partial charge in [-0.2, -0.15) is 5.10 Å². The second-order valence-corrected chi connectivity index (χ2v) is 6.43. The Morgan fingerprint density at radius 1 is 1.00 bits per heavy atom. The molecule has 0 unspecified atom stereocenters. The zero-order chi connectivity index (χ0) is 16.7. The van der Waals surface area contributed by atoms with Crippen molar-refractivity contribution in [1.29, 1.82) is 0 Å². The van der Waals surface area contributed by atoms with Crippen LogP contribution in [0.25, 0.3) is 33.1 Å². The Morgan fingerprint density at radius 2 is 1.83 bits per heavy atom. The zero-order valence-corrected chi connectivity index (χ0v) is 14.1. The Bertz CT molecular complexity index is 1020. The average molecular weight is 316 g/mol. The van der Waals surface area contributed by atoms with E-state index in [-0.39, 0.29) is 0 Å². The van der Waals surface area contributed by atoms with E-state index < -0.39 is 0 Å². The summed E-state index contributed by atoms with van der Waals surface area (Å²) < 4.78 is 0. The van der Waals surface area contributed by atoms with Gasteiger partial charge in [-0.25, -0.2) is 4.98 Å². The second-order valence-electron chi connectivity index (χ2n) is 6.43. The molecule has 0 radical (unpaired) electrons. The first-order valence-corrected chi connectivity index (χ1v) is 8.19. The highest BCUT2D eigenvalue weighted by Crippen LogP contribution is 2.33. The highest BCUT2D eigenvalue weighted by Gasteiger charge is 2.15. The number of aromatic nitrogens is 3. The molecule has 4 aromatic rings. The molecule has 0 spiro atoms. The standard InChI is InChI=1S/C20H20N4/c1-13(2)24(3)19-11-14-6-4-5-7-17(14)22-20(19)15-8-9-16-12-21-23-18(16)10-15/h4-13H,1-3H3,(H,21,23). The fourth-order valence-corrected chi connectivity index (χ4v) is 2.95. The second kappa shape index (κ2) is 5.64. The summed E-state index contributed by atoms with van der Waals surface area (Å²) in [4.78, 5) is 7.23. The Kier molecular flexibility index (Phi) is 3.45. The van der Waals surface area contributed by atoms with Crippen molar-refractivity contribution in [2.75, 3.05) is 11.9 Å². The number of rotatable bonds is 3. The molecular formula is C20H20N4. The molecule has 2 aromatic carbocycles. The topological polar surface area (TPSA) is 44.8 Å². The maximum Gasteiger partial charge on any atom is 0.0943 e. The van der Waals surface area contributed by atoms with Gasteiger partial charge in [-0.3, -0.25) is 5.10 Å². The number of H-pyrrole nitrogens is 1. The van der Waals surface area contributed by atoms with E-state index in [1.165, 1.54) is 0 Å². The van der Waals surface area contributed by atoms with E-state index in [4.69, 9.17) is 4.98 Å². The quantitative estimate of drug-likeness (QED) is 0.599. The average Bonchev–Trinajstić information content (AvgIpc) is 3.07. The monoisotopic (exact) mass is 316 g/mol. The Morgan fingerprint density at radius 3 is 2.67 bits per heavy atom. The van der Waals surface area contributed by atoms with Gasteiger partial charge in [0.05, 0.1) is 28.6 Å². The Hall–Kier alpha value is -2.88. The molecule has 4 nitrogen and oxygen atoms in total. The van der Waals surface area contributed by atoms with Crippen LogP contribution in [-0.2, 0) is 0 Å². The van der Waals surface area contributed by atoms with Crippen molar-refractivity contribution in [3.05, 3.63) is 54.7 Å². The lowest BCUT2D eigenvalue weighted by atomic mass is 10.0. The molecule has 0 atom stereocenters. The molecule has 0 bridgehead atoms. The summed E-state index contributed by atoms with van der Waals surface area (Å²) in [6, 6.07) is 17.2. The van der Waals surface area contributed by atoms with Crippen LogP contribution in [0.5, 0.6) is 0 Å². The number of aromatic amines is 1. The normalized spacial score (nSPS) is 11.5. The van der Waals surface area contributed by atoms with Gasteiger partial charge in [-0.05, 0) is 32.0 Å². The van der Waals surface area contributed by atoms with Crippen molar-refractivity contribution < 1.29 is 0 Å². The van der Waals surface area contributed by atoms with Gasteiger partial charge in [0, 0.05) is 29.4 Å². The number of hydrogen-bond acceptors (Lipinski definition) is 3. The third kappa shape index (κ3) is 2.40. The molecule has 24 heavy (non-hydrogen) atoms. The molecule has 4 rings (SSSR count). The predicted octanol–water partition coefficient (Wildman–Crippen LogP) is 4.62. The molecule has 0 aliphatic rings. The van der Waals surface area contributed by atoms with Gasteiger partial charge < -0.3 is 4.90 Å². The predicted molar refractivity (Wildman–Crippen MR) is 100 cm³/mol. The number of fused-ring (bicyclic) bond motifs is 2. The van der Waals surface area contributed by atoms with Crippen molar-refractivity contribution in [2.45, 2.75) is 19.9 Å². The number of para-hydroxylation sites is 1. The first kappa shape index (κ1) is 14.7. The maximum atomic E-state index is 4.96. The molecule has 0 aliphatic carbocycles. The van der Waals surface area contributed by atoms with E-state index in [2.05, 4.69) is 78.5 Å². The van der Waals surface area contributed by atoms with Gasteiger partial charge in [0.15, 0.2) is 0 Å². The Labute approximate surface area is 141 Å². The van der Waals surface area contributed by atoms with E-state index in [1.807, 2.05) is 12.3 Å². The third-order valence-corrected chi connectivity index (χ3v) is 4.57. The largest absolute Gasteiger partial charge is 0.370 e. The van der Waals surface area contributed by atoms with E-state index >= 15 is 0 Å². The lowest BCUT2D eigenvalue weighted by Crippen LogP contribution is -2.26. The van der Waals surface area contributed by atoms with E-state index in [9.17, 15) is 0 Å². The van der Waals surface area contributed by atoms with Gasteiger partial charge in [0.2, 0.25) is 0 Å². The first-order valence-electron chi connectivity index (χ1n) is 8.19. The molecule has 1 N–H and O–H groups in total. The smallest absolute Gasteiger partial charge is 0.0943 e. The van der Waals surface area contributed by atoms with Crippen LogP contribution in [0.2, 0.25) is 0 Å². The van der Waals surface area contributed by atoms with Crippen molar-refractivity contribution >= 4 is 27.5 Å². The minimum absolute atomic E-state index is 0.391. The maximum absolute atomic E-state index is 4.96. The minimum atomic E-state index is 0.391. The van der Waals surface area contributed by atoms with Crippen LogP contribution in [-0.4, -0.2) is 28.3 Å². The van der Waals surface area contributed by atoms with Crippen molar-refractivity contribution in [3.63, 3.8) is 0 Å². The van der Waals surface area contributed by atoms with Gasteiger partial charge >= 0.3 is 0 Å². The molecule has 0 saturated heterocycles. The summed E-state index contributed by atoms with van der Waals surface area (Å²) in [6.07, 6.45) is 1.84. The van der Waals surface area contributed by atoms with Gasteiger partial charge in [-0.1, -0.05) is 30.3 Å². The SMILES string of the molecule is CC(C)N(C)c1cc2ccccc2nc1-c1ccc2cn[nH]c2c1. The minimum Gasteiger partial charge on any atom is -0.370 e. The van der Waals surface area contributed by atoms with E-state index in [1.54, 1.807) is 0 Å². The third-order valence-electron chi connectivity index (χ3n) is 4.57. The molecule has 2 aromatic heterocycles. The number of hydrogen-bond donors (Lipinski definition) is 1. The van der Waals surface area contributed by atoms with Crippen molar-refractivity contribution in [3.8, 4) is 11.3 Å². The molecule has 120 valence electrons. The van der Waals surface area contributed by atoms with Gasteiger partial charge in [-0.15, -0.1) is 0 Å².